The first kappa shape index (κ1) is 28.1. The van der Waals surface area contributed by atoms with Gasteiger partial charge in [-0.1, -0.05) is 36.4 Å². The average Bonchev–Trinajstić information content (AvgIpc) is 3.65. The normalized spacial score (nSPS) is 13.5. The zero-order valence-electron chi connectivity index (χ0n) is 26.7. The molecule has 0 saturated heterocycles. The molecule has 7 rings (SSSR count). The maximum absolute atomic E-state index is 10.8. The van der Waals surface area contributed by atoms with E-state index in [-0.39, 0.29) is 6.61 Å². The van der Waals surface area contributed by atoms with Gasteiger partial charge in [0.15, 0.2) is 0 Å². The molecule has 0 saturated carbocycles. The largest absolute Gasteiger partial charge is 0.392 e. The van der Waals surface area contributed by atoms with Gasteiger partial charge in [0.05, 0.1) is 29.4 Å². The van der Waals surface area contributed by atoms with E-state index >= 15 is 0 Å². The Hall–Kier alpha value is -4.74. The molecule has 8 bridgehead atoms. The first-order valence-electron chi connectivity index (χ1n) is 15.3. The standard InChI is InChI=1S/C39H38N4O/c1-19-21(3)33-16-35-23(5)25(7)38(42-35)37(29-14-13-27-11-9-10-12-28(27)30(29)18-44)39-26(8)24(6)36(43-39)17-34-22(4)20(2)32(41-34)15-31(19)40-33/h9-17,40-41,44H,18H2,1-8H3. The third-order valence-electron chi connectivity index (χ3n) is 10.1. The van der Waals surface area contributed by atoms with Crippen molar-refractivity contribution in [2.24, 2.45) is 0 Å². The van der Waals surface area contributed by atoms with E-state index in [0.29, 0.717) is 0 Å². The Balaban J connectivity index is 1.73. The first-order valence-corrected chi connectivity index (χ1v) is 15.3. The summed E-state index contributed by atoms with van der Waals surface area (Å²) in [5, 5.41) is 13.0. The molecule has 5 aromatic rings. The van der Waals surface area contributed by atoms with Gasteiger partial charge in [-0.15, -0.1) is 0 Å². The summed E-state index contributed by atoms with van der Waals surface area (Å²) in [6.07, 6.45) is 0. The Morgan fingerprint density at radius 3 is 1.55 bits per heavy atom. The molecule has 3 aromatic heterocycles. The van der Waals surface area contributed by atoms with Gasteiger partial charge in [0.2, 0.25) is 0 Å². The van der Waals surface area contributed by atoms with Crippen LogP contribution < -0.4 is 0 Å². The highest BCUT2D eigenvalue weighted by Gasteiger charge is 2.26. The lowest BCUT2D eigenvalue weighted by Gasteiger charge is -2.15. The SMILES string of the molecule is CC1=C(C)c2nc1cc1[nH]c(cc3[nH]c(cc4nc(c2-c2ccc5ccccc5c2CO)C(C)=C4C)c(C)c3C)c(C)c1C. The van der Waals surface area contributed by atoms with Gasteiger partial charge >= 0.3 is 0 Å². The molecular weight excluding hydrogens is 540 g/mol. The van der Waals surface area contributed by atoms with Gasteiger partial charge in [-0.25, -0.2) is 9.97 Å². The van der Waals surface area contributed by atoms with Crippen LogP contribution in [0.4, 0.5) is 0 Å². The Morgan fingerprint density at radius 1 is 0.568 bits per heavy atom. The van der Waals surface area contributed by atoms with Crippen LogP contribution in [0.3, 0.4) is 0 Å². The van der Waals surface area contributed by atoms with Gasteiger partial charge in [-0.05, 0) is 140 Å². The fraction of sp³-hybridized carbons (Fsp3) is 0.231. The number of fused-ring (bicyclic) bond motifs is 9. The molecule has 2 aliphatic rings. The van der Waals surface area contributed by atoms with Crippen LogP contribution in [0.5, 0.6) is 0 Å². The summed E-state index contributed by atoms with van der Waals surface area (Å²) in [5.74, 6) is 0. The Labute approximate surface area is 258 Å². The minimum atomic E-state index is -0.0838. The molecule has 3 N–H and O–H groups in total. The summed E-state index contributed by atoms with van der Waals surface area (Å²) in [6, 6.07) is 19.1. The highest BCUT2D eigenvalue weighted by Crippen LogP contribution is 2.44. The number of benzene rings is 2. The molecule has 0 unspecified atom stereocenters. The molecule has 0 atom stereocenters. The topological polar surface area (TPSA) is 77.6 Å². The fourth-order valence-corrected chi connectivity index (χ4v) is 6.66. The predicted molar refractivity (Wildman–Crippen MR) is 185 cm³/mol. The van der Waals surface area contributed by atoms with Crippen LogP contribution in [0.1, 0.15) is 78.3 Å². The molecule has 0 fully saturated rings. The van der Waals surface area contributed by atoms with Crippen LogP contribution in [-0.2, 0) is 6.61 Å². The number of aliphatic hydroxyl groups is 1. The number of hydrogen-bond acceptors (Lipinski definition) is 3. The second-order valence-electron chi connectivity index (χ2n) is 12.4. The van der Waals surface area contributed by atoms with Gasteiger partial charge in [0.1, 0.15) is 0 Å². The number of aryl methyl sites for hydroxylation is 4. The predicted octanol–water partition coefficient (Wildman–Crippen LogP) is 9.76. The minimum absolute atomic E-state index is 0.0838. The van der Waals surface area contributed by atoms with Crippen molar-refractivity contribution >= 4 is 55.1 Å². The number of aliphatic hydroxyl groups excluding tert-OH is 1. The molecule has 2 aliphatic heterocycles. The molecule has 0 radical (unpaired) electrons. The summed E-state index contributed by atoms with van der Waals surface area (Å²) < 4.78 is 0. The van der Waals surface area contributed by atoms with Crippen LogP contribution in [0.2, 0.25) is 0 Å². The van der Waals surface area contributed by atoms with Crippen molar-refractivity contribution in [1.29, 1.82) is 0 Å². The van der Waals surface area contributed by atoms with Crippen molar-refractivity contribution in [3.63, 3.8) is 0 Å². The molecule has 0 aliphatic carbocycles. The van der Waals surface area contributed by atoms with E-state index in [1.54, 1.807) is 0 Å². The third kappa shape index (κ3) is 4.10. The second-order valence-corrected chi connectivity index (χ2v) is 12.4. The lowest BCUT2D eigenvalue weighted by atomic mass is 9.89. The second kappa shape index (κ2) is 10.2. The van der Waals surface area contributed by atoms with Gasteiger partial charge in [0, 0.05) is 27.6 Å². The van der Waals surface area contributed by atoms with Gasteiger partial charge < -0.3 is 15.1 Å². The van der Waals surface area contributed by atoms with Crippen LogP contribution >= 0.6 is 0 Å². The van der Waals surface area contributed by atoms with E-state index in [9.17, 15) is 5.11 Å². The van der Waals surface area contributed by atoms with Crippen molar-refractivity contribution in [2.45, 2.75) is 62.0 Å². The number of H-pyrrole nitrogens is 2. The summed E-state index contributed by atoms with van der Waals surface area (Å²) >= 11 is 0. The number of nitrogens with zero attached hydrogens (tertiary/aromatic N) is 2. The molecular formula is C39H38N4O. The molecule has 5 heteroatoms. The number of allylic oxidation sites excluding steroid dienone is 4. The van der Waals surface area contributed by atoms with Crippen LogP contribution in [0.15, 0.2) is 54.6 Å². The van der Waals surface area contributed by atoms with E-state index in [2.05, 4.69) is 108 Å². The molecule has 5 nitrogen and oxygen atoms in total. The van der Waals surface area contributed by atoms with Crippen molar-refractivity contribution in [3.05, 3.63) is 105 Å². The minimum Gasteiger partial charge on any atom is -0.392 e. The highest BCUT2D eigenvalue weighted by atomic mass is 16.3. The van der Waals surface area contributed by atoms with E-state index in [0.717, 1.165) is 94.6 Å². The summed E-state index contributed by atoms with van der Waals surface area (Å²) in [6.45, 7) is 17.2. The third-order valence-corrected chi connectivity index (χ3v) is 10.1. The van der Waals surface area contributed by atoms with E-state index in [4.69, 9.17) is 9.97 Å². The Bertz CT molecular complexity index is 2180. The molecule has 5 heterocycles. The molecule has 2 aromatic carbocycles. The van der Waals surface area contributed by atoms with Crippen molar-refractivity contribution < 1.29 is 5.11 Å². The van der Waals surface area contributed by atoms with Gasteiger partial charge in [-0.3, -0.25) is 0 Å². The lowest BCUT2D eigenvalue weighted by molar-refractivity contribution is 0.284. The average molecular weight is 579 g/mol. The van der Waals surface area contributed by atoms with Crippen LogP contribution in [0.25, 0.3) is 66.3 Å². The maximum atomic E-state index is 10.8. The number of aromatic amines is 2. The van der Waals surface area contributed by atoms with E-state index < -0.39 is 0 Å². The van der Waals surface area contributed by atoms with Crippen LogP contribution in [-0.4, -0.2) is 25.0 Å². The summed E-state index contributed by atoms with van der Waals surface area (Å²) in [4.78, 5) is 18.1. The van der Waals surface area contributed by atoms with Crippen molar-refractivity contribution in [2.75, 3.05) is 0 Å². The fourth-order valence-electron chi connectivity index (χ4n) is 6.66. The van der Waals surface area contributed by atoms with Gasteiger partial charge in [0.25, 0.3) is 0 Å². The molecule has 44 heavy (non-hydrogen) atoms. The number of aromatic nitrogens is 4. The zero-order chi connectivity index (χ0) is 31.0. The smallest absolute Gasteiger partial charge is 0.0769 e. The van der Waals surface area contributed by atoms with E-state index in [1.807, 2.05) is 12.1 Å². The lowest BCUT2D eigenvalue weighted by Crippen LogP contribution is -1.98. The number of hydrogen-bond donors (Lipinski definition) is 3. The molecule has 0 spiro atoms. The zero-order valence-corrected chi connectivity index (χ0v) is 26.7. The Kier molecular flexibility index (Phi) is 6.49. The summed E-state index contributed by atoms with van der Waals surface area (Å²) in [5.41, 5.74) is 20.2. The molecule has 220 valence electrons. The maximum Gasteiger partial charge on any atom is 0.0769 e. The van der Waals surface area contributed by atoms with Crippen molar-refractivity contribution in [3.8, 4) is 11.1 Å². The highest BCUT2D eigenvalue weighted by molar-refractivity contribution is 6.04. The van der Waals surface area contributed by atoms with Crippen molar-refractivity contribution in [1.82, 2.24) is 19.9 Å². The van der Waals surface area contributed by atoms with Crippen LogP contribution in [0, 0.1) is 27.7 Å². The monoisotopic (exact) mass is 578 g/mol. The molecule has 0 amide bonds. The first-order chi connectivity index (χ1) is 21.1. The number of rotatable bonds is 2. The quantitative estimate of drug-likeness (QED) is 0.195. The summed E-state index contributed by atoms with van der Waals surface area (Å²) in [7, 11) is 0. The van der Waals surface area contributed by atoms with Gasteiger partial charge in [-0.2, -0.15) is 0 Å². The number of nitrogens with one attached hydrogen (secondary N) is 2. The van der Waals surface area contributed by atoms with E-state index in [1.165, 1.54) is 22.3 Å². The Morgan fingerprint density at radius 2 is 1.05 bits per heavy atom.